The lowest BCUT2D eigenvalue weighted by molar-refractivity contribution is -0.119. The van der Waals surface area contributed by atoms with E-state index < -0.39 is 0 Å². The van der Waals surface area contributed by atoms with Crippen molar-refractivity contribution in [2.24, 2.45) is 0 Å². The van der Waals surface area contributed by atoms with E-state index in [-0.39, 0.29) is 5.78 Å². The zero-order valence-corrected chi connectivity index (χ0v) is 15.7. The van der Waals surface area contributed by atoms with E-state index in [0.29, 0.717) is 24.2 Å². The molecule has 0 unspecified atom stereocenters. The van der Waals surface area contributed by atoms with Gasteiger partial charge in [0.25, 0.3) is 0 Å². The molecule has 0 radical (unpaired) electrons. The van der Waals surface area contributed by atoms with Crippen molar-refractivity contribution >= 4 is 17.4 Å². The minimum atomic E-state index is 0.209. The number of carbonyl (C=O) groups excluding carboxylic acids is 1. The molecule has 5 heteroatoms. The Bertz CT molecular complexity index is 715. The van der Waals surface area contributed by atoms with E-state index >= 15 is 0 Å². The van der Waals surface area contributed by atoms with Gasteiger partial charge in [-0.05, 0) is 74.8 Å². The molecule has 26 heavy (non-hydrogen) atoms. The first-order valence-electron chi connectivity index (χ1n) is 9.00. The molecular weight excluding hydrogens is 350 g/mol. The maximum Gasteiger partial charge on any atom is 0.143 e. The van der Waals surface area contributed by atoms with Crippen molar-refractivity contribution < 1.29 is 14.3 Å². The van der Waals surface area contributed by atoms with Gasteiger partial charge < -0.3 is 9.47 Å². The lowest BCUT2D eigenvalue weighted by Gasteiger charge is -2.34. The van der Waals surface area contributed by atoms with Crippen molar-refractivity contribution in [3.05, 3.63) is 53.6 Å². The summed E-state index contributed by atoms with van der Waals surface area (Å²) >= 11 is 5.88. The van der Waals surface area contributed by atoms with Gasteiger partial charge in [0, 0.05) is 11.1 Å². The summed E-state index contributed by atoms with van der Waals surface area (Å²) in [5, 5.41) is 0.683. The summed E-state index contributed by atoms with van der Waals surface area (Å²) in [6, 6.07) is 15.1. The molecule has 138 valence electrons. The number of likely N-dealkylation sites (tertiary alicyclic amines) is 1. The minimum absolute atomic E-state index is 0.209. The molecule has 1 aliphatic heterocycles. The van der Waals surface area contributed by atoms with E-state index in [4.69, 9.17) is 21.1 Å². The van der Waals surface area contributed by atoms with Crippen LogP contribution in [0.1, 0.15) is 26.2 Å². The fourth-order valence-corrected chi connectivity index (χ4v) is 3.30. The number of halogens is 1. The predicted octanol–water partition coefficient (Wildman–Crippen LogP) is 4.95. The number of ether oxygens (including phenoxy) is 2. The third kappa shape index (κ3) is 5.48. The van der Waals surface area contributed by atoms with Gasteiger partial charge >= 0.3 is 0 Å². The third-order valence-electron chi connectivity index (χ3n) is 4.49. The van der Waals surface area contributed by atoms with Crippen LogP contribution in [0.25, 0.3) is 0 Å². The second kappa shape index (κ2) is 9.06. The van der Waals surface area contributed by atoms with Crippen LogP contribution >= 0.6 is 11.6 Å². The highest BCUT2D eigenvalue weighted by Gasteiger charge is 2.23. The quantitative estimate of drug-likeness (QED) is 0.688. The first-order valence-corrected chi connectivity index (χ1v) is 9.38. The van der Waals surface area contributed by atoms with Gasteiger partial charge in [-0.15, -0.1) is 0 Å². The van der Waals surface area contributed by atoms with Crippen LogP contribution < -0.4 is 9.47 Å². The lowest BCUT2D eigenvalue weighted by atomic mass is 10.0. The van der Waals surface area contributed by atoms with Crippen LogP contribution in [0.15, 0.2) is 48.5 Å². The highest BCUT2D eigenvalue weighted by atomic mass is 35.5. The number of nitrogens with zero attached hydrogens (tertiary/aromatic N) is 1. The van der Waals surface area contributed by atoms with Crippen molar-refractivity contribution in [1.29, 1.82) is 0 Å². The van der Waals surface area contributed by atoms with Gasteiger partial charge in [0.2, 0.25) is 0 Å². The average Bonchev–Trinajstić information content (AvgIpc) is 2.64. The zero-order valence-electron chi connectivity index (χ0n) is 15.0. The summed E-state index contributed by atoms with van der Waals surface area (Å²) in [6.45, 7) is 3.74. The summed E-state index contributed by atoms with van der Waals surface area (Å²) in [6.07, 6.45) is 3.42. The predicted molar refractivity (Wildman–Crippen MR) is 103 cm³/mol. The molecule has 0 aromatic heterocycles. The second-order valence-corrected chi connectivity index (χ2v) is 7.10. The number of hydrogen-bond donors (Lipinski definition) is 0. The van der Waals surface area contributed by atoms with Gasteiger partial charge in [0.05, 0.1) is 6.54 Å². The number of rotatable bonds is 7. The Kier molecular flexibility index (Phi) is 6.53. The fourth-order valence-electron chi connectivity index (χ4n) is 3.18. The average molecular weight is 374 g/mol. The first kappa shape index (κ1) is 18.7. The molecule has 0 saturated carbocycles. The van der Waals surface area contributed by atoms with Gasteiger partial charge in [-0.2, -0.15) is 0 Å². The van der Waals surface area contributed by atoms with E-state index in [0.717, 1.165) is 36.6 Å². The fraction of sp³-hybridized carbons (Fsp3) is 0.381. The Labute approximate surface area is 159 Å². The molecule has 1 atom stereocenters. The summed E-state index contributed by atoms with van der Waals surface area (Å²) in [7, 11) is 0. The van der Waals surface area contributed by atoms with Crippen LogP contribution in [-0.4, -0.2) is 36.4 Å². The Morgan fingerprint density at radius 2 is 1.65 bits per heavy atom. The van der Waals surface area contributed by atoms with Crippen LogP contribution in [0, 0.1) is 0 Å². The summed E-state index contributed by atoms with van der Waals surface area (Å²) in [5.74, 6) is 2.50. The minimum Gasteiger partial charge on any atom is -0.492 e. The van der Waals surface area contributed by atoms with Crippen LogP contribution in [0.3, 0.4) is 0 Å². The Morgan fingerprint density at radius 3 is 2.31 bits per heavy atom. The van der Waals surface area contributed by atoms with Crippen molar-refractivity contribution in [1.82, 2.24) is 4.90 Å². The van der Waals surface area contributed by atoms with Crippen molar-refractivity contribution in [3.63, 3.8) is 0 Å². The molecule has 0 spiro atoms. The normalized spacial score (nSPS) is 17.7. The molecule has 1 saturated heterocycles. The van der Waals surface area contributed by atoms with Gasteiger partial charge in [0.15, 0.2) is 0 Å². The molecule has 3 rings (SSSR count). The maximum atomic E-state index is 11.4. The van der Waals surface area contributed by atoms with E-state index in [9.17, 15) is 4.79 Å². The first-order chi connectivity index (χ1) is 12.6. The van der Waals surface area contributed by atoms with Crippen molar-refractivity contribution in [2.75, 3.05) is 19.7 Å². The second-order valence-electron chi connectivity index (χ2n) is 6.66. The Hall–Kier alpha value is -2.04. The number of benzene rings is 2. The van der Waals surface area contributed by atoms with Gasteiger partial charge in [0.1, 0.15) is 29.6 Å². The Morgan fingerprint density at radius 1 is 1.04 bits per heavy atom. The van der Waals surface area contributed by atoms with Crippen molar-refractivity contribution in [3.8, 4) is 17.2 Å². The molecule has 4 nitrogen and oxygen atoms in total. The zero-order chi connectivity index (χ0) is 18.4. The number of Topliss-reactive ketones (excluding diaryl/α,β-unsaturated/α-hetero) is 1. The molecule has 2 aromatic rings. The monoisotopic (exact) mass is 373 g/mol. The topological polar surface area (TPSA) is 38.8 Å². The summed E-state index contributed by atoms with van der Waals surface area (Å²) in [5.41, 5.74) is 0. The highest BCUT2D eigenvalue weighted by Crippen LogP contribution is 2.25. The smallest absolute Gasteiger partial charge is 0.143 e. The number of carbonyl (C=O) groups is 1. The van der Waals surface area contributed by atoms with E-state index in [2.05, 4.69) is 4.90 Å². The number of hydrogen-bond acceptors (Lipinski definition) is 4. The number of piperidine rings is 1. The summed E-state index contributed by atoms with van der Waals surface area (Å²) < 4.78 is 11.7. The number of ketones is 1. The molecule has 1 aliphatic rings. The van der Waals surface area contributed by atoms with E-state index in [1.807, 2.05) is 36.4 Å². The Balaban J connectivity index is 1.53. The van der Waals surface area contributed by atoms with Crippen LogP contribution in [-0.2, 0) is 4.79 Å². The molecule has 0 amide bonds. The van der Waals surface area contributed by atoms with Gasteiger partial charge in [-0.1, -0.05) is 18.0 Å². The van der Waals surface area contributed by atoms with Gasteiger partial charge in [-0.3, -0.25) is 9.69 Å². The molecule has 1 heterocycles. The molecular formula is C21H24ClNO3. The third-order valence-corrected chi connectivity index (χ3v) is 4.74. The largest absolute Gasteiger partial charge is 0.492 e. The molecule has 1 fully saturated rings. The van der Waals surface area contributed by atoms with Crippen LogP contribution in [0.5, 0.6) is 17.2 Å². The lowest BCUT2D eigenvalue weighted by Crippen LogP contribution is -2.45. The SMILES string of the molecule is CC(=O)CN1CCCC[C@H]1COc1ccc(Oc2ccc(Cl)cc2)cc1. The summed E-state index contributed by atoms with van der Waals surface area (Å²) in [4.78, 5) is 13.7. The van der Waals surface area contributed by atoms with Crippen LogP contribution in [0.2, 0.25) is 5.02 Å². The van der Waals surface area contributed by atoms with Gasteiger partial charge in [-0.25, -0.2) is 0 Å². The molecule has 0 bridgehead atoms. The molecule has 2 aromatic carbocycles. The maximum absolute atomic E-state index is 11.4. The van der Waals surface area contributed by atoms with Crippen molar-refractivity contribution in [2.45, 2.75) is 32.2 Å². The molecule has 0 N–H and O–H groups in total. The standard InChI is InChI=1S/C21H24ClNO3/c1-16(24)14-23-13-3-2-4-18(23)15-25-19-9-11-21(12-10-19)26-20-7-5-17(22)6-8-20/h5-12,18H,2-4,13-15H2,1H3/t18-/m0/s1. The molecule has 0 aliphatic carbocycles. The van der Waals surface area contributed by atoms with E-state index in [1.165, 1.54) is 6.42 Å². The highest BCUT2D eigenvalue weighted by molar-refractivity contribution is 6.30. The van der Waals surface area contributed by atoms with E-state index in [1.54, 1.807) is 19.1 Å². The van der Waals surface area contributed by atoms with Crippen LogP contribution in [0.4, 0.5) is 0 Å².